The Morgan fingerprint density at radius 3 is 2.33 bits per heavy atom. The molecule has 1 fully saturated rings. The highest BCUT2D eigenvalue weighted by atomic mass is 35.5. The lowest BCUT2D eigenvalue weighted by Gasteiger charge is -2.18. The largest absolute Gasteiger partial charge is 0.448 e. The van der Waals surface area contributed by atoms with Gasteiger partial charge in [0, 0.05) is 31.5 Å². The lowest BCUT2D eigenvalue weighted by Crippen LogP contribution is -2.30. The van der Waals surface area contributed by atoms with E-state index in [1.165, 1.54) is 30.4 Å². The normalized spacial score (nSPS) is 14.9. The van der Waals surface area contributed by atoms with Gasteiger partial charge in [0.15, 0.2) is 6.10 Å². The molecule has 144 valence electrons. The second-order valence-corrected chi connectivity index (χ2v) is 7.27. The van der Waals surface area contributed by atoms with Gasteiger partial charge < -0.3 is 19.5 Å². The minimum Gasteiger partial charge on any atom is -0.448 e. The van der Waals surface area contributed by atoms with Gasteiger partial charge in [0.25, 0.3) is 5.91 Å². The molecule has 1 aromatic carbocycles. The van der Waals surface area contributed by atoms with Crippen LogP contribution < -0.4 is 10.2 Å². The van der Waals surface area contributed by atoms with Gasteiger partial charge in [-0.1, -0.05) is 23.2 Å². The van der Waals surface area contributed by atoms with Crippen LogP contribution in [0, 0.1) is 0 Å². The molecule has 0 aliphatic carbocycles. The summed E-state index contributed by atoms with van der Waals surface area (Å²) in [5.41, 5.74) is 1.97. The predicted molar refractivity (Wildman–Crippen MR) is 107 cm³/mol. The zero-order chi connectivity index (χ0) is 19.6. The topological polar surface area (TPSA) is 63.6 Å². The highest BCUT2D eigenvalue weighted by Gasteiger charge is 2.23. The van der Waals surface area contributed by atoms with Gasteiger partial charge in [-0.2, -0.15) is 0 Å². The maximum atomic E-state index is 12.3. The summed E-state index contributed by atoms with van der Waals surface area (Å²) in [5, 5.41) is 3.24. The minimum atomic E-state index is -0.969. The molecule has 0 radical (unpaired) electrons. The molecule has 1 N–H and O–H groups in total. The zero-order valence-electron chi connectivity index (χ0n) is 15.2. The molecule has 0 unspecified atom stereocenters. The molecule has 0 spiro atoms. The summed E-state index contributed by atoms with van der Waals surface area (Å²) in [6, 6.07) is 9.05. The average Bonchev–Trinajstić information content (AvgIpc) is 3.27. The van der Waals surface area contributed by atoms with Gasteiger partial charge in [-0.05, 0) is 50.1 Å². The molecule has 2 heterocycles. The number of hydrogen-bond donors (Lipinski definition) is 1. The Morgan fingerprint density at radius 1 is 1.15 bits per heavy atom. The molecule has 2 aromatic rings. The van der Waals surface area contributed by atoms with Gasteiger partial charge in [-0.3, -0.25) is 4.79 Å². The lowest BCUT2D eigenvalue weighted by atomic mass is 10.2. The van der Waals surface area contributed by atoms with Crippen LogP contribution in [0.3, 0.4) is 0 Å². The highest BCUT2D eigenvalue weighted by molar-refractivity contribution is 6.41. The molecule has 8 heteroatoms. The van der Waals surface area contributed by atoms with Crippen LogP contribution in [-0.4, -0.2) is 35.6 Å². The first kappa shape index (κ1) is 19.6. The van der Waals surface area contributed by atoms with Crippen molar-refractivity contribution in [2.75, 3.05) is 23.3 Å². The molecule has 3 rings (SSSR count). The number of hydrogen-bond acceptors (Lipinski definition) is 4. The van der Waals surface area contributed by atoms with E-state index in [2.05, 4.69) is 10.2 Å². The number of halogens is 2. The van der Waals surface area contributed by atoms with Crippen molar-refractivity contribution in [1.29, 1.82) is 0 Å². The Morgan fingerprint density at radius 2 is 1.78 bits per heavy atom. The zero-order valence-corrected chi connectivity index (χ0v) is 16.7. The smallest absolute Gasteiger partial charge is 0.355 e. The number of nitrogens with zero attached hydrogens (tertiary/aromatic N) is 2. The van der Waals surface area contributed by atoms with Gasteiger partial charge in [0.1, 0.15) is 10.8 Å². The Hall–Kier alpha value is -2.18. The van der Waals surface area contributed by atoms with E-state index < -0.39 is 18.0 Å². The molecule has 1 aromatic heterocycles. The number of carbonyl (C=O) groups is 2. The quantitative estimate of drug-likeness (QED) is 0.754. The van der Waals surface area contributed by atoms with E-state index >= 15 is 0 Å². The molecule has 1 amide bonds. The van der Waals surface area contributed by atoms with E-state index in [0.29, 0.717) is 5.69 Å². The van der Waals surface area contributed by atoms with Gasteiger partial charge in [-0.15, -0.1) is 0 Å². The third kappa shape index (κ3) is 4.39. The van der Waals surface area contributed by atoms with Crippen LogP contribution >= 0.6 is 23.2 Å². The Kier molecular flexibility index (Phi) is 5.97. The van der Waals surface area contributed by atoms with E-state index in [9.17, 15) is 9.59 Å². The molecule has 1 aliphatic rings. The van der Waals surface area contributed by atoms with Crippen molar-refractivity contribution in [3.8, 4) is 0 Å². The average molecular weight is 410 g/mol. The molecule has 0 bridgehead atoms. The molecule has 27 heavy (non-hydrogen) atoms. The van der Waals surface area contributed by atoms with E-state index in [1.54, 1.807) is 7.05 Å². The molecule has 6 nitrogen and oxygen atoms in total. The molecular weight excluding hydrogens is 389 g/mol. The fourth-order valence-electron chi connectivity index (χ4n) is 2.99. The third-order valence-electron chi connectivity index (χ3n) is 4.58. The summed E-state index contributed by atoms with van der Waals surface area (Å²) in [6.07, 6.45) is 1.45. The van der Waals surface area contributed by atoms with Crippen molar-refractivity contribution < 1.29 is 14.3 Å². The van der Waals surface area contributed by atoms with Crippen LogP contribution in [0.5, 0.6) is 0 Å². The van der Waals surface area contributed by atoms with E-state index in [4.69, 9.17) is 27.9 Å². The Balaban J connectivity index is 1.58. The summed E-state index contributed by atoms with van der Waals surface area (Å²) in [5.74, 6) is -1.08. The van der Waals surface area contributed by atoms with Crippen molar-refractivity contribution in [3.63, 3.8) is 0 Å². The van der Waals surface area contributed by atoms with Crippen LogP contribution in [-0.2, 0) is 16.6 Å². The molecule has 1 saturated heterocycles. The maximum absolute atomic E-state index is 12.3. The summed E-state index contributed by atoms with van der Waals surface area (Å²) in [6.45, 7) is 3.63. The van der Waals surface area contributed by atoms with E-state index in [-0.39, 0.29) is 15.9 Å². The number of carbonyl (C=O) groups excluding carboxylic acids is 2. The number of esters is 1. The number of benzene rings is 1. The second-order valence-electron chi connectivity index (χ2n) is 6.51. The van der Waals surface area contributed by atoms with Crippen LogP contribution in [0.4, 0.5) is 11.4 Å². The molecule has 0 saturated carbocycles. The maximum Gasteiger partial charge on any atom is 0.355 e. The number of aromatic nitrogens is 1. The fourth-order valence-corrected chi connectivity index (χ4v) is 3.36. The number of amides is 1. The summed E-state index contributed by atoms with van der Waals surface area (Å²) >= 11 is 11.9. The first-order valence-corrected chi connectivity index (χ1v) is 9.50. The second kappa shape index (κ2) is 8.23. The first-order chi connectivity index (χ1) is 12.9. The highest BCUT2D eigenvalue weighted by Crippen LogP contribution is 2.26. The first-order valence-electron chi connectivity index (χ1n) is 8.74. The van der Waals surface area contributed by atoms with Crippen molar-refractivity contribution in [2.24, 2.45) is 7.05 Å². The third-order valence-corrected chi connectivity index (χ3v) is 5.43. The van der Waals surface area contributed by atoms with Crippen molar-refractivity contribution >= 4 is 46.5 Å². The lowest BCUT2D eigenvalue weighted by molar-refractivity contribution is -0.123. The van der Waals surface area contributed by atoms with Gasteiger partial charge in [0.05, 0.1) is 5.02 Å². The standard InChI is InChI=1S/C19H21Cl2N3O3/c1-12(27-19(26)16-11-15(20)17(21)23(16)2)18(25)22-13-5-7-14(8-6-13)24-9-3-4-10-24/h5-8,11-12H,3-4,9-10H2,1-2H3,(H,22,25)/t12-/m1/s1. The summed E-state index contributed by atoms with van der Waals surface area (Å²) in [7, 11) is 1.59. The minimum absolute atomic E-state index is 0.180. The van der Waals surface area contributed by atoms with Crippen LogP contribution in [0.1, 0.15) is 30.3 Å². The summed E-state index contributed by atoms with van der Waals surface area (Å²) < 4.78 is 6.64. The number of ether oxygens (including phenoxy) is 1. The number of nitrogens with one attached hydrogen (secondary N) is 1. The van der Waals surface area contributed by atoms with Crippen LogP contribution in [0.2, 0.25) is 10.2 Å². The fraction of sp³-hybridized carbons (Fsp3) is 0.368. The molecule has 1 atom stereocenters. The van der Waals surface area contributed by atoms with Crippen molar-refractivity contribution in [2.45, 2.75) is 25.9 Å². The Labute approximate surface area is 168 Å². The Bertz CT molecular complexity index is 843. The van der Waals surface area contributed by atoms with Gasteiger partial charge in [-0.25, -0.2) is 4.79 Å². The molecule has 1 aliphatic heterocycles. The van der Waals surface area contributed by atoms with Crippen molar-refractivity contribution in [1.82, 2.24) is 4.57 Å². The summed E-state index contributed by atoms with van der Waals surface area (Å²) in [4.78, 5) is 26.9. The SMILES string of the molecule is C[C@@H](OC(=O)c1cc(Cl)c(Cl)n1C)C(=O)Nc1ccc(N2CCCC2)cc1. The number of anilines is 2. The monoisotopic (exact) mass is 409 g/mol. The van der Waals surface area contributed by atoms with E-state index in [1.807, 2.05) is 24.3 Å². The number of rotatable bonds is 5. The van der Waals surface area contributed by atoms with Gasteiger partial charge >= 0.3 is 5.97 Å². The predicted octanol–water partition coefficient (Wildman–Crippen LogP) is 4.12. The molecular formula is C19H21Cl2N3O3. The van der Waals surface area contributed by atoms with Gasteiger partial charge in [0.2, 0.25) is 0 Å². The van der Waals surface area contributed by atoms with E-state index in [0.717, 1.165) is 18.8 Å². The van der Waals surface area contributed by atoms with Crippen LogP contribution in [0.25, 0.3) is 0 Å². The van der Waals surface area contributed by atoms with Crippen LogP contribution in [0.15, 0.2) is 30.3 Å². The van der Waals surface area contributed by atoms with Crippen molar-refractivity contribution in [3.05, 3.63) is 46.2 Å².